The van der Waals surface area contributed by atoms with Crippen molar-refractivity contribution in [1.29, 1.82) is 0 Å². The maximum atomic E-state index is 3.01. The Morgan fingerprint density at radius 3 is 0.941 bits per heavy atom. The minimum absolute atomic E-state index is 0.441. The van der Waals surface area contributed by atoms with Crippen molar-refractivity contribution in [2.45, 2.75) is 106 Å². The molecule has 8 saturated carbocycles. The van der Waals surface area contributed by atoms with Gasteiger partial charge in [0.1, 0.15) is 0 Å². The van der Waals surface area contributed by atoms with Gasteiger partial charge in [-0.05, 0) is 0 Å². The summed E-state index contributed by atoms with van der Waals surface area (Å²) in [6.07, 6.45) is 26.1. The Balaban J connectivity index is 1.03. The van der Waals surface area contributed by atoms with Gasteiger partial charge in [-0.25, -0.2) is 0 Å². The van der Waals surface area contributed by atoms with E-state index < -0.39 is 17.4 Å². The molecule has 0 heterocycles. The Morgan fingerprint density at radius 2 is 0.647 bits per heavy atom. The molecule has 68 heavy (non-hydrogen) atoms. The summed E-state index contributed by atoms with van der Waals surface area (Å²) in [5.41, 5.74) is 22.4. The van der Waals surface area contributed by atoms with Crippen LogP contribution >= 0.6 is 0 Å². The number of hydrogen-bond donors (Lipinski definition) is 0. The number of fused-ring (bicyclic) bond motifs is 2. The first-order chi connectivity index (χ1) is 33.1. The quantitative estimate of drug-likeness (QED) is 0.120. The van der Waals surface area contributed by atoms with Gasteiger partial charge in [0.25, 0.3) is 0 Å². The first kappa shape index (κ1) is 42.8. The fourth-order valence-electron chi connectivity index (χ4n) is 19.1. The summed E-state index contributed by atoms with van der Waals surface area (Å²) in [5, 5.41) is 0. The van der Waals surface area contributed by atoms with Crippen LogP contribution in [0.3, 0.4) is 0 Å². The van der Waals surface area contributed by atoms with Crippen LogP contribution in [0.5, 0.6) is 0 Å². The molecule has 10 aliphatic carbocycles. The van der Waals surface area contributed by atoms with Gasteiger partial charge in [0, 0.05) is 0 Å². The Kier molecular flexibility index (Phi) is 9.87. The SMILES string of the molecule is [CH3][Zr]([CH3])(=[SiH2])([CH]1C(CC23CC4CC(CC(C4)C2)C3)=Cc2c(-c3ccccc3)ccc(-c3ccccc3)c21)[CH]1C(CC23CC4CC(CC(C4)C2)C3)=Cc2c(-c3ccccc3)ccc(-c3ccccc3)c21. The van der Waals surface area contributed by atoms with Crippen molar-refractivity contribution in [1.82, 2.24) is 0 Å². The molecule has 342 valence electrons. The van der Waals surface area contributed by atoms with E-state index in [4.69, 9.17) is 0 Å². The molecular formula is C66H70SiZr. The summed E-state index contributed by atoms with van der Waals surface area (Å²) in [7, 11) is 0. The number of hydrogen-bond acceptors (Lipinski definition) is 0. The van der Waals surface area contributed by atoms with Crippen molar-refractivity contribution in [3.05, 3.63) is 179 Å². The normalized spacial score (nSPS) is 31.7. The van der Waals surface area contributed by atoms with Crippen LogP contribution in [0.2, 0.25) is 9.26 Å². The Hall–Kier alpha value is -4.10. The zero-order chi connectivity index (χ0) is 45.4. The molecule has 16 rings (SSSR count). The summed E-state index contributed by atoms with van der Waals surface area (Å²) in [6, 6.07) is 56.4. The second-order valence-electron chi connectivity index (χ2n) is 25.9. The van der Waals surface area contributed by atoms with Gasteiger partial charge >= 0.3 is 413 Å². The van der Waals surface area contributed by atoms with E-state index in [1.807, 2.05) is 11.1 Å². The zero-order valence-electron chi connectivity index (χ0n) is 40.7. The van der Waals surface area contributed by atoms with Crippen LogP contribution < -0.4 is 0 Å². The molecule has 8 bridgehead atoms. The maximum absolute atomic E-state index is 4.36. The van der Waals surface area contributed by atoms with Gasteiger partial charge in [0.2, 0.25) is 0 Å². The summed E-state index contributed by atoms with van der Waals surface area (Å²) >= 11 is -4.36. The Morgan fingerprint density at radius 1 is 0.382 bits per heavy atom. The van der Waals surface area contributed by atoms with E-state index in [1.54, 1.807) is 22.3 Å². The van der Waals surface area contributed by atoms with E-state index in [0.717, 1.165) is 35.5 Å². The third kappa shape index (κ3) is 6.94. The number of allylic oxidation sites excluding steroid dienone is 2. The van der Waals surface area contributed by atoms with Crippen LogP contribution in [-0.2, 0) is 17.4 Å². The fourth-order valence-corrected chi connectivity index (χ4v) is 38.5. The monoisotopic (exact) mass is 980 g/mol. The van der Waals surface area contributed by atoms with Crippen LogP contribution in [0.4, 0.5) is 0 Å². The van der Waals surface area contributed by atoms with Crippen LogP contribution in [0.25, 0.3) is 56.7 Å². The third-order valence-corrected chi connectivity index (χ3v) is 37.7. The molecule has 6 aromatic carbocycles. The molecule has 0 N–H and O–H groups in total. The molecule has 10 aliphatic rings. The summed E-state index contributed by atoms with van der Waals surface area (Å²) < 4.78 is 6.90. The van der Waals surface area contributed by atoms with Crippen LogP contribution in [-0.4, -0.2) is 6.88 Å². The molecule has 0 amide bonds. The summed E-state index contributed by atoms with van der Waals surface area (Å²) in [5.74, 6) is 5.66. The predicted octanol–water partition coefficient (Wildman–Crippen LogP) is 17.5. The van der Waals surface area contributed by atoms with Gasteiger partial charge in [0.15, 0.2) is 0 Å². The van der Waals surface area contributed by atoms with Gasteiger partial charge in [-0.1, -0.05) is 0 Å². The molecule has 0 radical (unpaired) electrons. The molecule has 2 heteroatoms. The van der Waals surface area contributed by atoms with Crippen molar-refractivity contribution in [2.24, 2.45) is 46.3 Å². The molecule has 0 aliphatic heterocycles. The zero-order valence-corrected chi connectivity index (χ0v) is 44.6. The van der Waals surface area contributed by atoms with E-state index in [-0.39, 0.29) is 0 Å². The minimum atomic E-state index is -4.36. The summed E-state index contributed by atoms with van der Waals surface area (Å²) in [4.78, 5) is 0. The number of benzene rings is 6. The average molecular weight is 983 g/mol. The molecular weight excluding hydrogens is 912 g/mol. The predicted molar refractivity (Wildman–Crippen MR) is 287 cm³/mol. The molecule has 6 aromatic rings. The van der Waals surface area contributed by atoms with E-state index in [1.165, 1.54) is 134 Å². The fraction of sp³-hybridized carbons (Fsp3) is 0.394. The van der Waals surface area contributed by atoms with Crippen LogP contribution in [0.1, 0.15) is 119 Å². The van der Waals surface area contributed by atoms with E-state index in [9.17, 15) is 0 Å². The topological polar surface area (TPSA) is 0 Å². The molecule has 0 saturated heterocycles. The molecule has 0 spiro atoms. The molecule has 2 atom stereocenters. The molecule has 8 fully saturated rings. The van der Waals surface area contributed by atoms with Gasteiger partial charge in [0.05, 0.1) is 0 Å². The van der Waals surface area contributed by atoms with E-state index >= 15 is 0 Å². The van der Waals surface area contributed by atoms with Crippen LogP contribution in [0, 0.1) is 46.3 Å². The van der Waals surface area contributed by atoms with Crippen molar-refractivity contribution < 1.29 is 17.4 Å². The van der Waals surface area contributed by atoms with Crippen molar-refractivity contribution >= 4 is 19.0 Å². The van der Waals surface area contributed by atoms with Crippen molar-refractivity contribution in [3.63, 3.8) is 0 Å². The van der Waals surface area contributed by atoms with Crippen molar-refractivity contribution in [3.8, 4) is 44.5 Å². The Labute approximate surface area is 409 Å². The van der Waals surface area contributed by atoms with Gasteiger partial charge in [-0.3, -0.25) is 0 Å². The second kappa shape index (κ2) is 15.7. The van der Waals surface area contributed by atoms with Gasteiger partial charge in [-0.2, -0.15) is 0 Å². The molecule has 2 unspecified atom stereocenters. The first-order valence-electron chi connectivity index (χ1n) is 27.1. The van der Waals surface area contributed by atoms with E-state index in [0.29, 0.717) is 18.1 Å². The summed E-state index contributed by atoms with van der Waals surface area (Å²) in [6.45, 7) is 2.64. The van der Waals surface area contributed by atoms with Gasteiger partial charge < -0.3 is 0 Å². The van der Waals surface area contributed by atoms with E-state index in [2.05, 4.69) is 174 Å². The third-order valence-electron chi connectivity index (χ3n) is 20.3. The standard InChI is InChI=1S/2C32H31.2CH3.H2Si.Zr/c2*1-3-7-26(8-4-1)28-11-12-29(27-9-5-2-6-10-27)31-17-25(16-30(28)31)21-32-18-22-13-23(19-32)15-24(14-22)20-32;;;;/h2*1-12,16-17,22-24H,13-15,18-21H2;2*1H3;1H2;. The average Bonchev–Trinajstić information content (AvgIpc) is 3.91. The first-order valence-corrected chi connectivity index (χ1v) is 40.8. The number of rotatable bonds is 10. The Bertz CT molecular complexity index is 2820. The molecule has 0 nitrogen and oxygen atoms in total. The second-order valence-corrected chi connectivity index (χ2v) is 56.3. The van der Waals surface area contributed by atoms with Gasteiger partial charge in [-0.15, -0.1) is 0 Å². The van der Waals surface area contributed by atoms with Crippen LogP contribution in [0.15, 0.2) is 157 Å². The van der Waals surface area contributed by atoms with Crippen molar-refractivity contribution in [2.75, 3.05) is 0 Å². The molecule has 0 aromatic heterocycles.